The van der Waals surface area contributed by atoms with Crippen LogP contribution in [0.2, 0.25) is 0 Å². The second-order valence-corrected chi connectivity index (χ2v) is 6.69. The van der Waals surface area contributed by atoms with E-state index in [4.69, 9.17) is 9.47 Å². The van der Waals surface area contributed by atoms with E-state index in [2.05, 4.69) is 9.97 Å². The number of nitrogens with zero attached hydrogens (tertiary/aromatic N) is 1. The summed E-state index contributed by atoms with van der Waals surface area (Å²) in [5, 5.41) is 0. The third-order valence-corrected chi connectivity index (χ3v) is 4.60. The van der Waals surface area contributed by atoms with Crippen molar-refractivity contribution in [1.82, 2.24) is 9.97 Å². The molecular weight excluding hydrogens is 380 g/mol. The lowest BCUT2D eigenvalue weighted by molar-refractivity contribution is 0.0519. The van der Waals surface area contributed by atoms with Gasteiger partial charge in [0.2, 0.25) is 0 Å². The first-order valence-electron chi connectivity index (χ1n) is 9.71. The fourth-order valence-corrected chi connectivity index (χ4v) is 3.16. The van der Waals surface area contributed by atoms with Gasteiger partial charge in [-0.05, 0) is 56.7 Å². The zero-order valence-electron chi connectivity index (χ0n) is 17.3. The highest BCUT2D eigenvalue weighted by Gasteiger charge is 2.21. The van der Waals surface area contributed by atoms with Gasteiger partial charge < -0.3 is 14.5 Å². The average Bonchev–Trinajstić information content (AvgIpc) is 3.06. The number of ketones is 1. The molecule has 154 valence electrons. The van der Waals surface area contributed by atoms with E-state index in [1.165, 1.54) is 6.08 Å². The fraction of sp³-hybridized carbons (Fsp3) is 0.208. The van der Waals surface area contributed by atoms with Crippen LogP contribution < -0.4 is 4.74 Å². The topological polar surface area (TPSA) is 81.3 Å². The number of hydrogen-bond donors (Lipinski definition) is 1. The van der Waals surface area contributed by atoms with Gasteiger partial charge in [-0.2, -0.15) is 0 Å². The van der Waals surface area contributed by atoms with Crippen LogP contribution in [0.4, 0.5) is 0 Å². The zero-order chi connectivity index (χ0) is 21.5. The first kappa shape index (κ1) is 21.0. The number of aromatic amines is 1. The Morgan fingerprint density at radius 1 is 1.10 bits per heavy atom. The Labute approximate surface area is 175 Å². The molecule has 0 saturated carbocycles. The van der Waals surface area contributed by atoms with Gasteiger partial charge in [0.05, 0.1) is 12.3 Å². The van der Waals surface area contributed by atoms with Gasteiger partial charge in [0.25, 0.3) is 0 Å². The van der Waals surface area contributed by atoms with Crippen molar-refractivity contribution in [1.29, 1.82) is 0 Å². The van der Waals surface area contributed by atoms with Crippen LogP contribution in [-0.2, 0) is 11.3 Å². The third kappa shape index (κ3) is 4.84. The first-order chi connectivity index (χ1) is 14.5. The number of nitrogens with one attached hydrogen (secondary N) is 1. The number of aryl methyl sites for hydroxylation is 1. The quantitative estimate of drug-likeness (QED) is 0.335. The van der Waals surface area contributed by atoms with Gasteiger partial charge in [-0.3, -0.25) is 9.78 Å². The molecule has 0 aliphatic rings. The van der Waals surface area contributed by atoms with Gasteiger partial charge in [0.1, 0.15) is 18.1 Å². The van der Waals surface area contributed by atoms with Crippen molar-refractivity contribution < 1.29 is 19.1 Å². The van der Waals surface area contributed by atoms with Gasteiger partial charge in [0.15, 0.2) is 5.78 Å². The molecular formula is C24H24N2O4. The number of para-hydroxylation sites is 1. The number of pyridine rings is 1. The number of aromatic nitrogens is 2. The molecule has 30 heavy (non-hydrogen) atoms. The van der Waals surface area contributed by atoms with Crippen LogP contribution in [-0.4, -0.2) is 28.3 Å². The van der Waals surface area contributed by atoms with Crippen molar-refractivity contribution in [2.45, 2.75) is 27.4 Å². The first-order valence-corrected chi connectivity index (χ1v) is 9.71. The Morgan fingerprint density at radius 3 is 2.60 bits per heavy atom. The van der Waals surface area contributed by atoms with Gasteiger partial charge in [0, 0.05) is 23.0 Å². The molecule has 0 aliphatic heterocycles. The van der Waals surface area contributed by atoms with E-state index in [1.807, 2.05) is 42.5 Å². The minimum atomic E-state index is -0.464. The molecule has 0 fully saturated rings. The highest BCUT2D eigenvalue weighted by molar-refractivity contribution is 6.10. The number of ether oxygens (including phenoxy) is 2. The molecule has 0 radical (unpaired) electrons. The van der Waals surface area contributed by atoms with Crippen molar-refractivity contribution in [3.8, 4) is 5.75 Å². The highest BCUT2D eigenvalue weighted by atomic mass is 16.5. The number of allylic oxidation sites excluding steroid dienone is 1. The monoisotopic (exact) mass is 404 g/mol. The number of esters is 1. The lowest BCUT2D eigenvalue weighted by Gasteiger charge is -2.08. The van der Waals surface area contributed by atoms with E-state index in [0.717, 1.165) is 11.3 Å². The molecule has 2 aromatic heterocycles. The summed E-state index contributed by atoms with van der Waals surface area (Å²) in [5.41, 5.74) is 3.59. The summed E-state index contributed by atoms with van der Waals surface area (Å²) in [6.07, 6.45) is 4.92. The maximum atomic E-state index is 12.8. The number of rotatable bonds is 8. The molecule has 6 nitrogen and oxygen atoms in total. The van der Waals surface area contributed by atoms with E-state index in [1.54, 1.807) is 33.0 Å². The minimum absolute atomic E-state index is 0.198. The van der Waals surface area contributed by atoms with Crippen molar-refractivity contribution in [3.05, 3.63) is 88.5 Å². The van der Waals surface area contributed by atoms with Crippen LogP contribution >= 0.6 is 0 Å². The Bertz CT molecular complexity index is 1070. The SMILES string of the molecule is CCOC(=O)c1[nH]c(C)c(C(=O)/C=C/c2ccccc2OCc2ccccn2)c1C. The van der Waals surface area contributed by atoms with E-state index in [0.29, 0.717) is 34.9 Å². The number of carbonyl (C=O) groups is 2. The second kappa shape index (κ2) is 9.69. The molecule has 0 aliphatic carbocycles. The highest BCUT2D eigenvalue weighted by Crippen LogP contribution is 2.23. The standard InChI is InChI=1S/C24H24N2O4/c1-4-29-24(28)23-16(2)22(17(3)26-23)20(27)13-12-18-9-5-6-11-21(18)30-15-19-10-7-8-14-25-19/h5-14,26H,4,15H2,1-3H3/b13-12+. The lowest BCUT2D eigenvalue weighted by Crippen LogP contribution is -2.07. The third-order valence-electron chi connectivity index (χ3n) is 4.60. The minimum Gasteiger partial charge on any atom is -0.487 e. The number of H-pyrrole nitrogens is 1. The molecule has 0 saturated heterocycles. The van der Waals surface area contributed by atoms with E-state index in [9.17, 15) is 9.59 Å². The fourth-order valence-electron chi connectivity index (χ4n) is 3.16. The molecule has 1 aromatic carbocycles. The van der Waals surface area contributed by atoms with Gasteiger partial charge in [-0.15, -0.1) is 0 Å². The molecule has 2 heterocycles. The molecule has 0 unspecified atom stereocenters. The van der Waals surface area contributed by atoms with Crippen LogP contribution in [0, 0.1) is 13.8 Å². The Hall–Kier alpha value is -3.67. The van der Waals surface area contributed by atoms with Crippen LogP contribution in [0.1, 0.15) is 50.3 Å². The predicted octanol–water partition coefficient (Wildman–Crippen LogP) is 4.68. The predicted molar refractivity (Wildman–Crippen MR) is 115 cm³/mol. The van der Waals surface area contributed by atoms with Crippen molar-refractivity contribution in [3.63, 3.8) is 0 Å². The van der Waals surface area contributed by atoms with E-state index in [-0.39, 0.29) is 12.4 Å². The van der Waals surface area contributed by atoms with Gasteiger partial charge in [-0.1, -0.05) is 24.3 Å². The second-order valence-electron chi connectivity index (χ2n) is 6.69. The van der Waals surface area contributed by atoms with E-state index >= 15 is 0 Å². The Balaban J connectivity index is 1.78. The molecule has 0 bridgehead atoms. The summed E-state index contributed by atoms with van der Waals surface area (Å²) in [6, 6.07) is 13.1. The summed E-state index contributed by atoms with van der Waals surface area (Å²) in [7, 11) is 0. The van der Waals surface area contributed by atoms with Crippen molar-refractivity contribution in [2.75, 3.05) is 6.61 Å². The van der Waals surface area contributed by atoms with Gasteiger partial charge >= 0.3 is 5.97 Å². The van der Waals surface area contributed by atoms with Crippen LogP contribution in [0.5, 0.6) is 5.75 Å². The van der Waals surface area contributed by atoms with Crippen molar-refractivity contribution in [2.24, 2.45) is 0 Å². The maximum absolute atomic E-state index is 12.8. The van der Waals surface area contributed by atoms with Crippen LogP contribution in [0.3, 0.4) is 0 Å². The molecule has 6 heteroatoms. The summed E-state index contributed by atoms with van der Waals surface area (Å²) >= 11 is 0. The number of carbonyl (C=O) groups excluding carboxylic acids is 2. The van der Waals surface area contributed by atoms with Crippen LogP contribution in [0.15, 0.2) is 54.7 Å². The summed E-state index contributed by atoms with van der Waals surface area (Å²) in [6.45, 7) is 5.85. The molecule has 1 N–H and O–H groups in total. The largest absolute Gasteiger partial charge is 0.487 e. The molecule has 3 rings (SSSR count). The zero-order valence-corrected chi connectivity index (χ0v) is 17.3. The molecule has 0 spiro atoms. The summed E-state index contributed by atoms with van der Waals surface area (Å²) in [5.74, 6) is -0.00680. The number of benzene rings is 1. The van der Waals surface area contributed by atoms with Crippen LogP contribution in [0.25, 0.3) is 6.08 Å². The molecule has 0 atom stereocenters. The smallest absolute Gasteiger partial charge is 0.355 e. The Morgan fingerprint density at radius 2 is 1.87 bits per heavy atom. The maximum Gasteiger partial charge on any atom is 0.355 e. The normalized spacial score (nSPS) is 10.9. The average molecular weight is 404 g/mol. The molecule has 3 aromatic rings. The lowest BCUT2D eigenvalue weighted by atomic mass is 10.0. The van der Waals surface area contributed by atoms with Gasteiger partial charge in [-0.25, -0.2) is 4.79 Å². The number of hydrogen-bond acceptors (Lipinski definition) is 5. The molecule has 0 amide bonds. The summed E-state index contributed by atoms with van der Waals surface area (Å²) in [4.78, 5) is 32.1. The Kier molecular flexibility index (Phi) is 6.80. The van der Waals surface area contributed by atoms with E-state index < -0.39 is 5.97 Å². The van der Waals surface area contributed by atoms with Crippen molar-refractivity contribution >= 4 is 17.8 Å². The summed E-state index contributed by atoms with van der Waals surface area (Å²) < 4.78 is 10.9.